The van der Waals surface area contributed by atoms with E-state index in [1.54, 1.807) is 24.3 Å². The number of β-amino-alcohol motifs (C(OH)–C–C–N with tert-alkyl or cyclic N) is 1. The van der Waals surface area contributed by atoms with E-state index in [1.807, 2.05) is 18.7 Å². The fraction of sp³-hybridized carbons (Fsp3) is 0.438. The van der Waals surface area contributed by atoms with Gasteiger partial charge in [-0.1, -0.05) is 36.1 Å². The number of nitrogens with zero attached hydrogens (tertiary/aromatic N) is 2. The maximum absolute atomic E-state index is 12.2. The fourth-order valence-corrected chi connectivity index (χ4v) is 3.75. The highest BCUT2D eigenvalue weighted by Gasteiger charge is 2.36. The molecule has 0 saturated heterocycles. The summed E-state index contributed by atoms with van der Waals surface area (Å²) in [6, 6.07) is 6.71. The van der Waals surface area contributed by atoms with Crippen molar-refractivity contribution in [2.75, 3.05) is 25.4 Å². The molecule has 1 aliphatic heterocycles. The summed E-state index contributed by atoms with van der Waals surface area (Å²) in [4.78, 5) is 27.6. The first-order valence-electron chi connectivity index (χ1n) is 7.54. The summed E-state index contributed by atoms with van der Waals surface area (Å²) in [5, 5.41) is 10.2. The second-order valence-corrected chi connectivity index (χ2v) is 6.82. The number of aliphatic hydroxyl groups excluding tert-OH is 1. The molecule has 7 heteroatoms. The lowest BCUT2D eigenvalue weighted by atomic mass is 10.1. The summed E-state index contributed by atoms with van der Waals surface area (Å²) < 4.78 is 0.719. The minimum atomic E-state index is -0.810. The lowest BCUT2D eigenvalue weighted by molar-refractivity contribution is 0.0567. The minimum absolute atomic E-state index is 0.0137. The van der Waals surface area contributed by atoms with Crippen molar-refractivity contribution in [2.45, 2.75) is 20.0 Å². The number of amides is 2. The molecule has 1 N–H and O–H groups in total. The van der Waals surface area contributed by atoms with E-state index in [0.29, 0.717) is 16.9 Å². The van der Waals surface area contributed by atoms with E-state index in [4.69, 9.17) is 12.2 Å². The lowest BCUT2D eigenvalue weighted by Gasteiger charge is -2.23. The summed E-state index contributed by atoms with van der Waals surface area (Å²) in [7, 11) is 0. The van der Waals surface area contributed by atoms with Crippen LogP contribution in [0.2, 0.25) is 0 Å². The van der Waals surface area contributed by atoms with Gasteiger partial charge >= 0.3 is 0 Å². The highest BCUT2D eigenvalue weighted by Crippen LogP contribution is 2.23. The monoisotopic (exact) mass is 352 g/mol. The van der Waals surface area contributed by atoms with Crippen molar-refractivity contribution in [2.24, 2.45) is 0 Å². The molecule has 1 atom stereocenters. The molecule has 5 nitrogen and oxygen atoms in total. The molecular weight excluding hydrogens is 332 g/mol. The van der Waals surface area contributed by atoms with Crippen LogP contribution in [0.15, 0.2) is 24.3 Å². The van der Waals surface area contributed by atoms with Crippen molar-refractivity contribution < 1.29 is 14.7 Å². The van der Waals surface area contributed by atoms with Gasteiger partial charge in [-0.15, -0.1) is 0 Å². The van der Waals surface area contributed by atoms with Crippen LogP contribution in [0.1, 0.15) is 34.6 Å². The highest BCUT2D eigenvalue weighted by atomic mass is 32.2. The zero-order chi connectivity index (χ0) is 17.0. The highest BCUT2D eigenvalue weighted by molar-refractivity contribution is 8.22. The predicted octanol–water partition coefficient (Wildman–Crippen LogP) is 2.00. The number of thioether (sulfide) groups is 1. The summed E-state index contributed by atoms with van der Waals surface area (Å²) in [6.45, 7) is 5.66. The third-order valence-corrected chi connectivity index (χ3v) is 5.36. The largest absolute Gasteiger partial charge is 0.390 e. The van der Waals surface area contributed by atoms with Crippen LogP contribution in [0.3, 0.4) is 0 Å². The fourth-order valence-electron chi connectivity index (χ4n) is 2.41. The van der Waals surface area contributed by atoms with E-state index in [9.17, 15) is 14.7 Å². The number of hydrogen-bond donors (Lipinski definition) is 1. The summed E-state index contributed by atoms with van der Waals surface area (Å²) in [5.41, 5.74) is 0.798. The lowest BCUT2D eigenvalue weighted by Crippen LogP contribution is -2.38. The molecule has 1 aromatic carbocycles. The maximum atomic E-state index is 12.2. The van der Waals surface area contributed by atoms with Crippen molar-refractivity contribution in [3.8, 4) is 0 Å². The molecule has 1 heterocycles. The van der Waals surface area contributed by atoms with Crippen molar-refractivity contribution in [1.82, 2.24) is 9.80 Å². The van der Waals surface area contributed by atoms with Gasteiger partial charge in [0, 0.05) is 18.8 Å². The molecular formula is C16H20N2O3S2. The van der Waals surface area contributed by atoms with Crippen LogP contribution in [0.4, 0.5) is 0 Å². The van der Waals surface area contributed by atoms with Gasteiger partial charge in [-0.2, -0.15) is 0 Å². The van der Waals surface area contributed by atoms with Crippen LogP contribution in [-0.2, 0) is 0 Å². The van der Waals surface area contributed by atoms with E-state index in [2.05, 4.69) is 0 Å². The van der Waals surface area contributed by atoms with E-state index in [1.165, 1.54) is 11.8 Å². The van der Waals surface area contributed by atoms with Crippen LogP contribution in [-0.4, -0.2) is 62.5 Å². The van der Waals surface area contributed by atoms with Gasteiger partial charge < -0.3 is 10.0 Å². The van der Waals surface area contributed by atoms with Gasteiger partial charge in [-0.05, 0) is 26.0 Å². The van der Waals surface area contributed by atoms with Crippen LogP contribution >= 0.6 is 24.0 Å². The molecule has 1 aromatic rings. The standard InChI is InChI=1S/C16H20N2O3S2/c1-3-17(4-2)16(22)23-10-11(19)9-18-14(20)12-7-5-6-8-13(12)15(18)21/h5-8,11,19H,3-4,9-10H2,1-2H3. The van der Waals surface area contributed by atoms with Crippen molar-refractivity contribution in [3.05, 3.63) is 35.4 Å². The van der Waals surface area contributed by atoms with Crippen LogP contribution in [0.25, 0.3) is 0 Å². The first-order chi connectivity index (χ1) is 11.0. The van der Waals surface area contributed by atoms with Crippen LogP contribution in [0.5, 0.6) is 0 Å². The van der Waals surface area contributed by atoms with Crippen molar-refractivity contribution in [1.29, 1.82) is 0 Å². The van der Waals surface area contributed by atoms with Gasteiger partial charge in [0.15, 0.2) is 0 Å². The van der Waals surface area contributed by atoms with E-state index in [0.717, 1.165) is 22.3 Å². The molecule has 0 aliphatic carbocycles. The molecule has 1 unspecified atom stereocenters. The Morgan fingerprint density at radius 1 is 1.22 bits per heavy atom. The smallest absolute Gasteiger partial charge is 0.261 e. The SMILES string of the molecule is CCN(CC)C(=S)SCC(O)CN1C(=O)c2ccccc2C1=O. The maximum Gasteiger partial charge on any atom is 0.261 e. The molecule has 0 spiro atoms. The molecule has 2 amide bonds. The van der Waals surface area contributed by atoms with Gasteiger partial charge in [0.25, 0.3) is 11.8 Å². The number of benzene rings is 1. The Morgan fingerprint density at radius 3 is 2.22 bits per heavy atom. The van der Waals surface area contributed by atoms with E-state index >= 15 is 0 Å². The van der Waals surface area contributed by atoms with Gasteiger partial charge in [-0.25, -0.2) is 0 Å². The number of hydrogen-bond acceptors (Lipinski definition) is 5. The second kappa shape index (κ2) is 7.90. The Kier molecular flexibility index (Phi) is 6.15. The first-order valence-corrected chi connectivity index (χ1v) is 8.93. The number of carbonyl (C=O) groups is 2. The number of aliphatic hydroxyl groups is 1. The Hall–Kier alpha value is -1.44. The normalized spacial score (nSPS) is 14.8. The Bertz CT molecular complexity index is 582. The number of fused-ring (bicyclic) bond motifs is 1. The summed E-state index contributed by atoms with van der Waals surface area (Å²) in [6.07, 6.45) is -0.810. The predicted molar refractivity (Wildman–Crippen MR) is 95.8 cm³/mol. The van der Waals surface area contributed by atoms with Crippen LogP contribution in [0, 0.1) is 0 Å². The quantitative estimate of drug-likeness (QED) is 0.624. The molecule has 0 saturated carbocycles. The zero-order valence-electron chi connectivity index (χ0n) is 13.2. The molecule has 0 aromatic heterocycles. The van der Waals surface area contributed by atoms with E-state index in [-0.39, 0.29) is 18.4 Å². The number of rotatable bonds is 6. The molecule has 1 aliphatic rings. The summed E-state index contributed by atoms with van der Waals surface area (Å²) in [5.74, 6) is -0.343. The van der Waals surface area contributed by atoms with E-state index < -0.39 is 6.10 Å². The van der Waals surface area contributed by atoms with Gasteiger partial charge in [0.05, 0.1) is 23.8 Å². The van der Waals surface area contributed by atoms with Gasteiger partial charge in [-0.3, -0.25) is 14.5 Å². The second-order valence-electron chi connectivity index (χ2n) is 5.17. The van der Waals surface area contributed by atoms with Gasteiger partial charge in [0.1, 0.15) is 4.32 Å². The van der Waals surface area contributed by atoms with Crippen molar-refractivity contribution in [3.63, 3.8) is 0 Å². The zero-order valence-corrected chi connectivity index (χ0v) is 14.8. The molecule has 0 radical (unpaired) electrons. The number of thiocarbonyl (C=S) groups is 1. The molecule has 0 bridgehead atoms. The molecule has 124 valence electrons. The summed E-state index contributed by atoms with van der Waals surface area (Å²) >= 11 is 6.68. The third-order valence-electron chi connectivity index (χ3n) is 3.69. The third kappa shape index (κ3) is 3.91. The Morgan fingerprint density at radius 2 is 1.74 bits per heavy atom. The molecule has 2 rings (SSSR count). The molecule has 23 heavy (non-hydrogen) atoms. The number of imide groups is 1. The average Bonchev–Trinajstić information content (AvgIpc) is 2.79. The first kappa shape index (κ1) is 17.9. The van der Waals surface area contributed by atoms with Crippen molar-refractivity contribution >= 4 is 40.1 Å². The average molecular weight is 352 g/mol. The van der Waals surface area contributed by atoms with Crippen LogP contribution < -0.4 is 0 Å². The Labute approximate surface area is 145 Å². The number of carbonyl (C=O) groups excluding carboxylic acids is 2. The van der Waals surface area contributed by atoms with Gasteiger partial charge in [0.2, 0.25) is 0 Å². The minimum Gasteiger partial charge on any atom is -0.390 e. The molecule has 0 fully saturated rings. The topological polar surface area (TPSA) is 60.9 Å². The Balaban J connectivity index is 1.92.